The van der Waals surface area contributed by atoms with Gasteiger partial charge in [-0.2, -0.15) is 0 Å². The van der Waals surface area contributed by atoms with Gasteiger partial charge in [-0.15, -0.1) is 0 Å². The minimum atomic E-state index is -0.347. The Morgan fingerprint density at radius 1 is 1.35 bits per heavy atom. The smallest absolute Gasteiger partial charge is 0.257 e. The molecule has 2 aliphatic rings. The third kappa shape index (κ3) is 3.53. The fourth-order valence-electron chi connectivity index (χ4n) is 3.87. The van der Waals surface area contributed by atoms with Crippen molar-refractivity contribution in [3.8, 4) is 5.75 Å². The summed E-state index contributed by atoms with van der Waals surface area (Å²) in [7, 11) is 0. The number of fused-ring (bicyclic) bond motifs is 1. The van der Waals surface area contributed by atoms with E-state index < -0.39 is 0 Å². The first-order valence-electron chi connectivity index (χ1n) is 8.88. The monoisotopic (exact) mass is 354 g/mol. The van der Waals surface area contributed by atoms with Crippen LogP contribution < -0.4 is 4.74 Å². The maximum absolute atomic E-state index is 12.6. The molecule has 7 heteroatoms. The number of hydrogen-bond donors (Lipinski definition) is 0. The average Bonchev–Trinajstić information content (AvgIpc) is 3.03. The van der Waals surface area contributed by atoms with E-state index in [0.717, 1.165) is 18.6 Å². The maximum Gasteiger partial charge on any atom is 0.257 e. The average molecular weight is 354 g/mol. The highest BCUT2D eigenvalue weighted by Crippen LogP contribution is 2.39. The van der Waals surface area contributed by atoms with Crippen molar-refractivity contribution in [3.63, 3.8) is 0 Å². The lowest BCUT2D eigenvalue weighted by Crippen LogP contribution is -2.44. The van der Waals surface area contributed by atoms with Crippen molar-refractivity contribution >= 4 is 5.91 Å². The van der Waals surface area contributed by atoms with E-state index in [4.69, 9.17) is 9.47 Å². The van der Waals surface area contributed by atoms with Crippen LogP contribution in [0.4, 0.5) is 0 Å². The summed E-state index contributed by atoms with van der Waals surface area (Å²) < 4.78 is 12.2. The summed E-state index contributed by atoms with van der Waals surface area (Å²) >= 11 is 0. The Labute approximate surface area is 152 Å². The second-order valence-corrected chi connectivity index (χ2v) is 7.21. The van der Waals surface area contributed by atoms with Crippen LogP contribution in [0.1, 0.15) is 30.1 Å². The molecule has 0 aliphatic carbocycles. The molecular formula is C19H22N4O3. The van der Waals surface area contributed by atoms with Gasteiger partial charge in [-0.25, -0.2) is 9.97 Å². The van der Waals surface area contributed by atoms with Crippen molar-refractivity contribution in [2.24, 2.45) is 5.92 Å². The van der Waals surface area contributed by atoms with Gasteiger partial charge in [-0.3, -0.25) is 9.78 Å². The van der Waals surface area contributed by atoms with Gasteiger partial charge in [0.2, 0.25) is 0 Å². The molecule has 7 nitrogen and oxygen atoms in total. The SMILES string of the molecule is C[C@]1(COc2cccnc2)C[C@@H]2CN(C(=O)c3cncnc3)CC[C@@H]2O1. The van der Waals surface area contributed by atoms with Crippen LogP contribution >= 0.6 is 0 Å². The molecule has 0 radical (unpaired) electrons. The molecule has 136 valence electrons. The van der Waals surface area contributed by atoms with E-state index >= 15 is 0 Å². The van der Waals surface area contributed by atoms with Crippen molar-refractivity contribution in [1.29, 1.82) is 0 Å². The van der Waals surface area contributed by atoms with Crippen LogP contribution in [-0.2, 0) is 4.74 Å². The van der Waals surface area contributed by atoms with Crippen LogP contribution in [0.25, 0.3) is 0 Å². The number of pyridine rings is 1. The molecule has 2 aromatic heterocycles. The Bertz CT molecular complexity index is 758. The van der Waals surface area contributed by atoms with Gasteiger partial charge in [0.1, 0.15) is 24.3 Å². The van der Waals surface area contributed by atoms with E-state index in [1.165, 1.54) is 6.33 Å². The first-order valence-corrected chi connectivity index (χ1v) is 8.88. The molecular weight excluding hydrogens is 332 g/mol. The largest absolute Gasteiger partial charge is 0.489 e. The number of rotatable bonds is 4. The fourth-order valence-corrected chi connectivity index (χ4v) is 3.87. The molecule has 2 fully saturated rings. The molecule has 2 aromatic rings. The van der Waals surface area contributed by atoms with E-state index in [2.05, 4.69) is 21.9 Å². The van der Waals surface area contributed by atoms with Crippen molar-refractivity contribution < 1.29 is 14.3 Å². The molecule has 0 saturated carbocycles. The van der Waals surface area contributed by atoms with Crippen LogP contribution in [0.2, 0.25) is 0 Å². The van der Waals surface area contributed by atoms with Gasteiger partial charge < -0.3 is 14.4 Å². The molecule has 4 heterocycles. The highest BCUT2D eigenvalue weighted by atomic mass is 16.6. The van der Waals surface area contributed by atoms with Crippen LogP contribution in [0.5, 0.6) is 5.75 Å². The molecule has 3 atom stereocenters. The molecule has 0 aromatic carbocycles. The van der Waals surface area contributed by atoms with E-state index in [1.54, 1.807) is 24.8 Å². The first kappa shape index (κ1) is 16.9. The van der Waals surface area contributed by atoms with Gasteiger partial charge in [-0.1, -0.05) is 0 Å². The lowest BCUT2D eigenvalue weighted by atomic mass is 9.89. The molecule has 1 amide bonds. The summed E-state index contributed by atoms with van der Waals surface area (Å²) in [4.78, 5) is 26.5. The van der Waals surface area contributed by atoms with E-state index in [9.17, 15) is 4.79 Å². The number of hydrogen-bond acceptors (Lipinski definition) is 6. The standard InChI is InChI=1S/C19H22N4O3/c1-19(12-25-16-3-2-5-20-10-16)7-14-11-23(6-4-17(14)26-19)18(24)15-8-21-13-22-9-15/h2-3,5,8-10,13-14,17H,4,6-7,11-12H2,1H3/t14-,17+,19-/m1/s1. The van der Waals surface area contributed by atoms with Crippen molar-refractivity contribution in [1.82, 2.24) is 19.9 Å². The zero-order valence-corrected chi connectivity index (χ0v) is 14.7. The van der Waals surface area contributed by atoms with Crippen molar-refractivity contribution in [2.45, 2.75) is 31.5 Å². The second-order valence-electron chi connectivity index (χ2n) is 7.21. The first-order chi connectivity index (χ1) is 12.6. The summed E-state index contributed by atoms with van der Waals surface area (Å²) in [5.74, 6) is 1.05. The molecule has 4 rings (SSSR count). The molecule has 0 N–H and O–H groups in total. The second kappa shape index (κ2) is 6.99. The summed E-state index contributed by atoms with van der Waals surface area (Å²) in [5, 5.41) is 0. The Balaban J connectivity index is 1.37. The third-order valence-electron chi connectivity index (χ3n) is 5.07. The molecule has 0 bridgehead atoms. The topological polar surface area (TPSA) is 77.4 Å². The minimum Gasteiger partial charge on any atom is -0.489 e. The minimum absolute atomic E-state index is 0.00994. The van der Waals surface area contributed by atoms with E-state index in [0.29, 0.717) is 31.2 Å². The summed E-state index contributed by atoms with van der Waals surface area (Å²) in [6.07, 6.45) is 9.87. The Kier molecular flexibility index (Phi) is 4.55. The lowest BCUT2D eigenvalue weighted by molar-refractivity contribution is -0.0675. The number of nitrogens with zero attached hydrogens (tertiary/aromatic N) is 4. The Morgan fingerprint density at radius 2 is 2.19 bits per heavy atom. The number of amides is 1. The Morgan fingerprint density at radius 3 is 2.96 bits per heavy atom. The number of likely N-dealkylation sites (tertiary alicyclic amines) is 1. The molecule has 26 heavy (non-hydrogen) atoms. The predicted octanol–water partition coefficient (Wildman–Crippen LogP) is 1.96. The zero-order chi connectivity index (χ0) is 18.0. The number of aromatic nitrogens is 3. The normalized spacial score (nSPS) is 27.8. The third-order valence-corrected chi connectivity index (χ3v) is 5.07. The highest BCUT2D eigenvalue weighted by molar-refractivity contribution is 5.93. The van der Waals surface area contributed by atoms with Gasteiger partial charge in [0.05, 0.1) is 17.9 Å². The van der Waals surface area contributed by atoms with Gasteiger partial charge >= 0.3 is 0 Å². The maximum atomic E-state index is 12.6. The molecule has 2 saturated heterocycles. The van der Waals surface area contributed by atoms with E-state index in [1.807, 2.05) is 17.0 Å². The quantitative estimate of drug-likeness (QED) is 0.835. The van der Waals surface area contributed by atoms with Gasteiger partial charge in [0.15, 0.2) is 0 Å². The fraction of sp³-hybridized carbons (Fsp3) is 0.474. The van der Waals surface area contributed by atoms with Crippen LogP contribution in [0.3, 0.4) is 0 Å². The summed E-state index contributed by atoms with van der Waals surface area (Å²) in [6, 6.07) is 3.74. The van der Waals surface area contributed by atoms with Crippen LogP contribution in [0, 0.1) is 5.92 Å². The zero-order valence-electron chi connectivity index (χ0n) is 14.7. The number of carbonyl (C=O) groups excluding carboxylic acids is 1. The number of piperidine rings is 1. The van der Waals surface area contributed by atoms with Crippen molar-refractivity contribution in [2.75, 3.05) is 19.7 Å². The van der Waals surface area contributed by atoms with Gasteiger partial charge in [0, 0.05) is 37.6 Å². The van der Waals surface area contributed by atoms with Crippen LogP contribution in [-0.4, -0.2) is 57.2 Å². The highest BCUT2D eigenvalue weighted by Gasteiger charge is 2.46. The summed E-state index contributed by atoms with van der Waals surface area (Å²) in [6.45, 7) is 3.94. The van der Waals surface area contributed by atoms with Crippen molar-refractivity contribution in [3.05, 3.63) is 48.8 Å². The predicted molar refractivity (Wildman–Crippen MR) is 93.7 cm³/mol. The molecule has 0 unspecified atom stereocenters. The Hall–Kier alpha value is -2.54. The van der Waals surface area contributed by atoms with Gasteiger partial charge in [0.25, 0.3) is 5.91 Å². The molecule has 2 aliphatic heterocycles. The van der Waals surface area contributed by atoms with Gasteiger partial charge in [-0.05, 0) is 31.9 Å². The number of carbonyl (C=O) groups is 1. The lowest BCUT2D eigenvalue weighted by Gasteiger charge is -2.34. The van der Waals surface area contributed by atoms with Crippen LogP contribution in [0.15, 0.2) is 43.2 Å². The van der Waals surface area contributed by atoms with E-state index in [-0.39, 0.29) is 17.6 Å². The molecule has 0 spiro atoms. The summed E-state index contributed by atoms with van der Waals surface area (Å²) in [5.41, 5.74) is 0.188. The number of ether oxygens (including phenoxy) is 2.